The number of nitrogens with two attached hydrogens (primary N) is 1. The van der Waals surface area contributed by atoms with E-state index in [0.29, 0.717) is 10.5 Å². The highest BCUT2D eigenvalue weighted by molar-refractivity contribution is 7.83. The summed E-state index contributed by atoms with van der Waals surface area (Å²) in [5.74, 6) is -3.61. The van der Waals surface area contributed by atoms with E-state index in [2.05, 4.69) is 0 Å². The van der Waals surface area contributed by atoms with Gasteiger partial charge in [-0.15, -0.1) is 0 Å². The fraction of sp³-hybridized carbons (Fsp3) is 0.250. The molecule has 0 aromatic heterocycles. The molecule has 0 bridgehead atoms. The highest BCUT2D eigenvalue weighted by Crippen LogP contribution is 2.36. The number of rotatable bonds is 4. The summed E-state index contributed by atoms with van der Waals surface area (Å²) in [5, 5.41) is 13.5. The first kappa shape index (κ1) is 18.0. The van der Waals surface area contributed by atoms with Crippen LogP contribution in [0.25, 0.3) is 0 Å². The van der Waals surface area contributed by atoms with Gasteiger partial charge in [0.05, 0.1) is 11.1 Å². The molecule has 3 atom stereocenters. The van der Waals surface area contributed by atoms with Crippen LogP contribution in [0.1, 0.15) is 34.6 Å². The number of likely N-dealkylation sites (tertiary alicyclic amines) is 1. The Morgan fingerprint density at radius 2 is 1.62 bits per heavy atom. The third-order valence-corrected chi connectivity index (χ3v) is 5.22. The van der Waals surface area contributed by atoms with E-state index in [9.17, 15) is 28.5 Å². The molecule has 26 heavy (non-hydrogen) atoms. The predicted octanol–water partition coefficient (Wildman–Crippen LogP) is -0.180. The maximum Gasteiger partial charge on any atom is 0.352 e. The zero-order chi connectivity index (χ0) is 19.3. The van der Waals surface area contributed by atoms with Crippen LogP contribution in [0.2, 0.25) is 0 Å². The molecular formula is C16H15N3O6S. The van der Waals surface area contributed by atoms with Crippen LogP contribution in [0.4, 0.5) is 0 Å². The van der Waals surface area contributed by atoms with Crippen molar-refractivity contribution >= 4 is 34.7 Å². The number of hydrogen-bond donors (Lipinski definition) is 2. The molecule has 9 nitrogen and oxygen atoms in total. The molecule has 2 aliphatic heterocycles. The van der Waals surface area contributed by atoms with Crippen molar-refractivity contribution in [3.8, 4) is 0 Å². The van der Waals surface area contributed by atoms with E-state index >= 15 is 0 Å². The van der Waals surface area contributed by atoms with Crippen molar-refractivity contribution in [3.05, 3.63) is 46.7 Å². The summed E-state index contributed by atoms with van der Waals surface area (Å²) < 4.78 is 12.0. The van der Waals surface area contributed by atoms with E-state index in [1.165, 1.54) is 26.0 Å². The third-order valence-electron chi connectivity index (χ3n) is 4.27. The van der Waals surface area contributed by atoms with Crippen molar-refractivity contribution in [2.75, 3.05) is 0 Å². The van der Waals surface area contributed by atoms with Crippen molar-refractivity contribution in [2.24, 2.45) is 5.14 Å². The van der Waals surface area contributed by atoms with E-state index < -0.39 is 46.1 Å². The number of hydrogen-bond acceptors (Lipinski definition) is 5. The molecule has 1 unspecified atom stereocenters. The molecule has 3 rings (SSSR count). The van der Waals surface area contributed by atoms with Crippen LogP contribution in [-0.2, 0) is 20.6 Å². The third kappa shape index (κ3) is 2.37. The highest BCUT2D eigenvalue weighted by atomic mass is 32.2. The summed E-state index contributed by atoms with van der Waals surface area (Å²) in [6.07, 6.45) is 0. The molecule has 1 fully saturated rings. The fourth-order valence-electron chi connectivity index (χ4n) is 3.17. The van der Waals surface area contributed by atoms with Gasteiger partial charge in [0.15, 0.2) is 11.4 Å². The predicted molar refractivity (Wildman–Crippen MR) is 89.7 cm³/mol. The Bertz CT molecular complexity index is 885. The van der Waals surface area contributed by atoms with Gasteiger partial charge < -0.3 is 5.11 Å². The molecule has 2 aliphatic rings. The second-order valence-electron chi connectivity index (χ2n) is 6.05. The molecule has 0 saturated carbocycles. The molecule has 10 heteroatoms. The van der Waals surface area contributed by atoms with Gasteiger partial charge in [-0.3, -0.25) is 24.2 Å². The summed E-state index contributed by atoms with van der Waals surface area (Å²) >= 11 is 0. The Hall–Kier alpha value is -2.85. The largest absolute Gasteiger partial charge is 0.477 e. The van der Waals surface area contributed by atoms with Crippen molar-refractivity contribution in [1.82, 2.24) is 9.80 Å². The number of imide groups is 1. The first-order valence-electron chi connectivity index (χ1n) is 7.54. The average molecular weight is 377 g/mol. The summed E-state index contributed by atoms with van der Waals surface area (Å²) in [4.78, 5) is 50.8. The molecule has 0 aliphatic carbocycles. The van der Waals surface area contributed by atoms with E-state index in [4.69, 9.17) is 5.14 Å². The van der Waals surface area contributed by atoms with Gasteiger partial charge in [-0.1, -0.05) is 12.1 Å². The number of allylic oxidation sites excluding steroid dienone is 1. The van der Waals surface area contributed by atoms with Crippen LogP contribution in [0.3, 0.4) is 0 Å². The highest BCUT2D eigenvalue weighted by Gasteiger charge is 2.60. The van der Waals surface area contributed by atoms with Crippen LogP contribution >= 0.6 is 0 Å². The molecule has 1 aromatic carbocycles. The lowest BCUT2D eigenvalue weighted by molar-refractivity contribution is -0.151. The van der Waals surface area contributed by atoms with Gasteiger partial charge in [-0.2, -0.15) is 0 Å². The summed E-state index contributed by atoms with van der Waals surface area (Å²) in [7, 11) is -2.19. The van der Waals surface area contributed by atoms with Gasteiger partial charge in [0.1, 0.15) is 16.7 Å². The smallest absolute Gasteiger partial charge is 0.352 e. The Morgan fingerprint density at radius 1 is 1.12 bits per heavy atom. The number of aliphatic carboxylic acids is 1. The first-order chi connectivity index (χ1) is 12.2. The monoisotopic (exact) mass is 377 g/mol. The van der Waals surface area contributed by atoms with Crippen LogP contribution in [-0.4, -0.2) is 54.2 Å². The van der Waals surface area contributed by atoms with E-state index in [0.717, 1.165) is 4.90 Å². The molecule has 1 saturated heterocycles. The van der Waals surface area contributed by atoms with Gasteiger partial charge in [-0.05, 0) is 31.6 Å². The first-order valence-corrected chi connectivity index (χ1v) is 8.81. The standard InChI is InChI=1S/C16H15N3O6S/c1-7(2)10(16(23)24)19-14(22)11(15(19)26(17)25)18-12(20)8-5-3-4-6-9(8)13(18)21/h3-6,11,15H,17H2,1-2H3,(H,23,24)/t11-,15-,26?/m1/s1. The van der Waals surface area contributed by atoms with E-state index in [-0.39, 0.29) is 16.8 Å². The van der Waals surface area contributed by atoms with Gasteiger partial charge in [0, 0.05) is 0 Å². The second kappa shape index (κ2) is 6.15. The number of nitrogens with zero attached hydrogens (tertiary/aromatic N) is 2. The topological polar surface area (TPSA) is 138 Å². The van der Waals surface area contributed by atoms with Crippen molar-refractivity contribution in [3.63, 3.8) is 0 Å². The lowest BCUT2D eigenvalue weighted by Gasteiger charge is -2.48. The Labute approximate surface area is 150 Å². The normalized spacial score (nSPS) is 22.8. The van der Waals surface area contributed by atoms with E-state index in [1.54, 1.807) is 12.1 Å². The minimum atomic E-state index is -2.19. The fourth-order valence-corrected chi connectivity index (χ4v) is 4.08. The van der Waals surface area contributed by atoms with Gasteiger partial charge in [-0.25, -0.2) is 14.1 Å². The summed E-state index contributed by atoms with van der Waals surface area (Å²) in [6.45, 7) is 2.95. The molecular weight excluding hydrogens is 362 g/mol. The van der Waals surface area contributed by atoms with Crippen LogP contribution in [0.15, 0.2) is 35.5 Å². The van der Waals surface area contributed by atoms with Crippen molar-refractivity contribution in [2.45, 2.75) is 25.3 Å². The molecule has 0 radical (unpaired) electrons. The summed E-state index contributed by atoms with van der Waals surface area (Å²) in [5.41, 5.74) is 0.186. The summed E-state index contributed by atoms with van der Waals surface area (Å²) in [6, 6.07) is 4.63. The van der Waals surface area contributed by atoms with Gasteiger partial charge in [0.2, 0.25) is 0 Å². The number of carbonyl (C=O) groups excluding carboxylic acids is 3. The number of carboxylic acids is 1. The molecule has 3 N–H and O–H groups in total. The molecule has 1 aromatic rings. The lowest BCUT2D eigenvalue weighted by atomic mass is 10.0. The van der Waals surface area contributed by atoms with Gasteiger partial charge >= 0.3 is 5.97 Å². The van der Waals surface area contributed by atoms with Crippen molar-refractivity contribution < 1.29 is 28.5 Å². The molecule has 0 spiro atoms. The molecule has 3 amide bonds. The van der Waals surface area contributed by atoms with Crippen molar-refractivity contribution in [1.29, 1.82) is 0 Å². The Morgan fingerprint density at radius 3 is 2.00 bits per heavy atom. The molecule has 2 heterocycles. The zero-order valence-electron chi connectivity index (χ0n) is 13.8. The van der Waals surface area contributed by atoms with Crippen LogP contribution in [0.5, 0.6) is 0 Å². The maximum absolute atomic E-state index is 12.6. The minimum absolute atomic E-state index is 0.131. The number of carbonyl (C=O) groups is 4. The van der Waals surface area contributed by atoms with Crippen LogP contribution in [0, 0.1) is 0 Å². The number of amides is 3. The zero-order valence-corrected chi connectivity index (χ0v) is 14.6. The van der Waals surface area contributed by atoms with Gasteiger partial charge in [0.25, 0.3) is 17.7 Å². The maximum atomic E-state index is 12.6. The van der Waals surface area contributed by atoms with E-state index in [1.807, 2.05) is 0 Å². The molecule has 136 valence electrons. The Balaban J connectivity index is 2.03. The SMILES string of the molecule is CC(C)=C(C(=O)O)N1C(=O)[C@@H](N2C(=O)c3ccccc3C2=O)[C@H]1S(N)=O. The number of benzene rings is 1. The average Bonchev–Trinajstić information content (AvgIpc) is 2.81. The lowest BCUT2D eigenvalue weighted by Crippen LogP contribution is -2.73. The quantitative estimate of drug-likeness (QED) is 0.424. The number of β-lactam (4-membered cyclic amide) rings is 1. The second-order valence-corrected chi connectivity index (χ2v) is 7.19. The number of fused-ring (bicyclic) bond motifs is 1. The van der Waals surface area contributed by atoms with Crippen LogP contribution < -0.4 is 5.14 Å². The number of carboxylic acid groups (broad SMARTS) is 1. The minimum Gasteiger partial charge on any atom is -0.477 e. The Kier molecular flexibility index (Phi) is 4.24.